The highest BCUT2D eigenvalue weighted by Gasteiger charge is 2.30. The highest BCUT2D eigenvalue weighted by Crippen LogP contribution is 2.48. The summed E-state index contributed by atoms with van der Waals surface area (Å²) in [5, 5.41) is 0. The molecule has 0 nitrogen and oxygen atoms in total. The Morgan fingerprint density at radius 3 is 1.18 bits per heavy atom. The van der Waals surface area contributed by atoms with Crippen LogP contribution in [0.15, 0.2) is 35.4 Å². The second-order valence-electron chi connectivity index (χ2n) is 12.3. The molecule has 0 aliphatic heterocycles. The van der Waals surface area contributed by atoms with Crippen molar-refractivity contribution in [3.8, 4) is 0 Å². The Hall–Kier alpha value is -2.08. The summed E-state index contributed by atoms with van der Waals surface area (Å²) < 4.78 is 0. The lowest BCUT2D eigenvalue weighted by molar-refractivity contribution is 0.609. The van der Waals surface area contributed by atoms with Crippen molar-refractivity contribution in [1.82, 2.24) is 0 Å². The second-order valence-corrected chi connectivity index (χ2v) is 12.3. The summed E-state index contributed by atoms with van der Waals surface area (Å²) in [7, 11) is 0. The first-order valence-corrected chi connectivity index (χ1v) is 13.7. The molecule has 0 radical (unpaired) electrons. The van der Waals surface area contributed by atoms with Crippen LogP contribution in [0.1, 0.15) is 162 Å². The average Bonchev–Trinajstić information content (AvgIpc) is 3.25. The molecule has 2 atom stereocenters. The van der Waals surface area contributed by atoms with E-state index >= 15 is 0 Å². The number of benzene rings is 2. The van der Waals surface area contributed by atoms with Gasteiger partial charge in [0.25, 0.3) is 0 Å². The highest BCUT2D eigenvalue weighted by atomic mass is 14.3. The molecule has 2 unspecified atom stereocenters. The van der Waals surface area contributed by atoms with Crippen molar-refractivity contribution in [1.29, 1.82) is 0 Å². The molecule has 0 saturated carbocycles. The Morgan fingerprint density at radius 2 is 0.882 bits per heavy atom. The predicted octanol–water partition coefficient (Wildman–Crippen LogP) is 10.7. The zero-order valence-corrected chi connectivity index (χ0v) is 23.3. The molecule has 34 heavy (non-hydrogen) atoms. The summed E-state index contributed by atoms with van der Waals surface area (Å²) >= 11 is 0. The lowest BCUT2D eigenvalue weighted by Gasteiger charge is -2.23. The fourth-order valence-corrected chi connectivity index (χ4v) is 6.22. The van der Waals surface area contributed by atoms with E-state index < -0.39 is 0 Å². The molecular weight excluding hydrogens is 408 g/mol. The molecule has 0 spiro atoms. The molecule has 182 valence electrons. The lowest BCUT2D eigenvalue weighted by Crippen LogP contribution is -2.07. The van der Waals surface area contributed by atoms with E-state index in [9.17, 15) is 0 Å². The molecule has 0 saturated heterocycles. The van der Waals surface area contributed by atoms with Gasteiger partial charge in [-0.2, -0.15) is 0 Å². The molecule has 0 bridgehead atoms. The summed E-state index contributed by atoms with van der Waals surface area (Å²) in [5.41, 5.74) is 15.4. The molecular formula is C34H46. The van der Waals surface area contributed by atoms with Crippen LogP contribution >= 0.6 is 0 Å². The first-order chi connectivity index (χ1) is 16.0. The van der Waals surface area contributed by atoms with Crippen molar-refractivity contribution < 1.29 is 0 Å². The van der Waals surface area contributed by atoms with Gasteiger partial charge in [0.1, 0.15) is 0 Å². The average molecular weight is 455 g/mol. The van der Waals surface area contributed by atoms with Crippen LogP contribution in [0.25, 0.3) is 12.2 Å². The van der Waals surface area contributed by atoms with Crippen molar-refractivity contribution in [2.75, 3.05) is 0 Å². The minimum absolute atomic E-state index is 0.556. The van der Waals surface area contributed by atoms with Crippen LogP contribution in [0.2, 0.25) is 0 Å². The Kier molecular flexibility index (Phi) is 7.01. The first kappa shape index (κ1) is 25.0. The van der Waals surface area contributed by atoms with Crippen LogP contribution in [0, 0.1) is 0 Å². The van der Waals surface area contributed by atoms with E-state index in [2.05, 4.69) is 106 Å². The van der Waals surface area contributed by atoms with Gasteiger partial charge in [0.15, 0.2) is 0 Å². The zero-order chi connectivity index (χ0) is 24.9. The van der Waals surface area contributed by atoms with Gasteiger partial charge in [-0.3, -0.25) is 0 Å². The third-order valence-electron chi connectivity index (χ3n) is 8.45. The number of rotatable bonds is 7. The molecule has 2 aliphatic carbocycles. The maximum Gasteiger partial charge on any atom is 0.00552 e. The second kappa shape index (κ2) is 9.52. The van der Waals surface area contributed by atoms with Crippen molar-refractivity contribution in [3.05, 3.63) is 79.9 Å². The first-order valence-electron chi connectivity index (χ1n) is 13.7. The Bertz CT molecular complexity index is 1040. The fourth-order valence-electron chi connectivity index (χ4n) is 6.22. The van der Waals surface area contributed by atoms with Crippen molar-refractivity contribution in [2.24, 2.45) is 0 Å². The Balaban J connectivity index is 1.67. The van der Waals surface area contributed by atoms with E-state index in [-0.39, 0.29) is 0 Å². The summed E-state index contributed by atoms with van der Waals surface area (Å²) in [6, 6.07) is 10.0. The molecule has 0 amide bonds. The Labute approximate surface area is 209 Å². The van der Waals surface area contributed by atoms with Gasteiger partial charge in [0.2, 0.25) is 0 Å². The van der Waals surface area contributed by atoms with Gasteiger partial charge < -0.3 is 0 Å². The van der Waals surface area contributed by atoms with Crippen LogP contribution in [0.3, 0.4) is 0 Å². The van der Waals surface area contributed by atoms with E-state index in [0.29, 0.717) is 35.5 Å². The fraction of sp³-hybridized carbons (Fsp3) is 0.529. The molecule has 0 heteroatoms. The molecule has 0 fully saturated rings. The molecule has 0 aromatic heterocycles. The maximum atomic E-state index is 2.53. The minimum atomic E-state index is 0.556. The molecule has 0 N–H and O–H groups in total. The Morgan fingerprint density at radius 1 is 0.529 bits per heavy atom. The lowest BCUT2D eigenvalue weighted by atomic mass is 9.81. The summed E-state index contributed by atoms with van der Waals surface area (Å²) in [6.07, 6.45) is 7.45. The van der Waals surface area contributed by atoms with Gasteiger partial charge in [0.05, 0.1) is 0 Å². The van der Waals surface area contributed by atoms with Gasteiger partial charge in [-0.25, -0.2) is 0 Å². The van der Waals surface area contributed by atoms with Crippen LogP contribution < -0.4 is 0 Å². The predicted molar refractivity (Wildman–Crippen MR) is 151 cm³/mol. The van der Waals surface area contributed by atoms with E-state index in [1.54, 1.807) is 22.3 Å². The maximum absolute atomic E-state index is 2.53. The van der Waals surface area contributed by atoms with Crippen LogP contribution in [0.4, 0.5) is 0 Å². The van der Waals surface area contributed by atoms with Crippen LogP contribution in [0.5, 0.6) is 0 Å². The van der Waals surface area contributed by atoms with E-state index in [1.165, 1.54) is 46.2 Å². The van der Waals surface area contributed by atoms with Crippen molar-refractivity contribution in [2.45, 2.75) is 118 Å². The molecule has 2 aromatic carbocycles. The molecule has 0 heterocycles. The van der Waals surface area contributed by atoms with Gasteiger partial charge in [-0.15, -0.1) is 0 Å². The largest absolute Gasteiger partial charge is 0.0652 e. The normalized spacial score (nSPS) is 19.4. The van der Waals surface area contributed by atoms with Crippen molar-refractivity contribution >= 4 is 12.2 Å². The third kappa shape index (κ3) is 4.46. The van der Waals surface area contributed by atoms with E-state index in [0.717, 1.165) is 0 Å². The van der Waals surface area contributed by atoms with Gasteiger partial charge in [-0.05, 0) is 94.9 Å². The summed E-state index contributed by atoms with van der Waals surface area (Å²) in [6.45, 7) is 23.4. The smallest absolute Gasteiger partial charge is 0.00552 e. The number of allylic oxidation sites excluding steroid dienone is 2. The molecule has 4 rings (SSSR count). The number of fused-ring (bicyclic) bond motifs is 2. The van der Waals surface area contributed by atoms with Crippen LogP contribution in [-0.2, 0) is 0 Å². The highest BCUT2D eigenvalue weighted by molar-refractivity contribution is 5.72. The topological polar surface area (TPSA) is 0 Å². The minimum Gasteiger partial charge on any atom is -0.0652 e. The molecule has 2 aromatic rings. The number of hydrogen-bond donors (Lipinski definition) is 0. The quantitative estimate of drug-likeness (QED) is 0.390. The monoisotopic (exact) mass is 454 g/mol. The standard InChI is InChI=1S/C34H46/c1-19(2)25-15-29(21(5)6)31-13-23(9)27(33(31)17-25)11-12-28-24(10)14-32-30(22(7)8)16-26(20(3)4)18-34(28)32/h13-22,27-28H,11-12H2,1-10H3. The van der Waals surface area contributed by atoms with Crippen molar-refractivity contribution in [3.63, 3.8) is 0 Å². The molecule has 2 aliphatic rings. The SMILES string of the molecule is CC1=Cc2c(C(C)C)cc(C(C)C)cc2C1CCC1C(C)=Cc2c(C(C)C)cc(C(C)C)cc21. The summed E-state index contributed by atoms with van der Waals surface area (Å²) in [5.74, 6) is 3.37. The number of hydrogen-bond acceptors (Lipinski definition) is 0. The van der Waals surface area contributed by atoms with Gasteiger partial charge in [-0.1, -0.05) is 103 Å². The third-order valence-corrected chi connectivity index (χ3v) is 8.45. The van der Waals surface area contributed by atoms with E-state index in [1.807, 2.05) is 0 Å². The van der Waals surface area contributed by atoms with Crippen LogP contribution in [-0.4, -0.2) is 0 Å². The van der Waals surface area contributed by atoms with Gasteiger partial charge >= 0.3 is 0 Å². The van der Waals surface area contributed by atoms with Gasteiger partial charge in [0, 0.05) is 11.8 Å². The summed E-state index contributed by atoms with van der Waals surface area (Å²) in [4.78, 5) is 0. The van der Waals surface area contributed by atoms with E-state index in [4.69, 9.17) is 0 Å². The zero-order valence-electron chi connectivity index (χ0n) is 23.3.